The van der Waals surface area contributed by atoms with Gasteiger partial charge >= 0.3 is 0 Å². The average molecular weight is 124 g/mol. The van der Waals surface area contributed by atoms with Gasteiger partial charge in [0.2, 0.25) is 0 Å². The van der Waals surface area contributed by atoms with Crippen LogP contribution in [0.2, 0.25) is 0 Å². The molecule has 0 amide bonds. The fourth-order valence-corrected chi connectivity index (χ4v) is 0.585. The largest absolute Gasteiger partial charge is 0.315 e. The first-order valence-electron chi connectivity index (χ1n) is 1.68. The standard InChI is InChI=1S/C3H8OS2/c1-6-4-2-3-5/h5H,2-3H2,1H3. The quantitative estimate of drug-likeness (QED) is 0.344. The van der Waals surface area contributed by atoms with E-state index in [0.29, 0.717) is 0 Å². The summed E-state index contributed by atoms with van der Waals surface area (Å²) in [5.74, 6) is 0.806. The van der Waals surface area contributed by atoms with E-state index in [0.717, 1.165) is 12.4 Å². The normalized spacial score (nSPS) is 9.00. The number of rotatable bonds is 3. The van der Waals surface area contributed by atoms with Crippen LogP contribution in [0.5, 0.6) is 0 Å². The van der Waals surface area contributed by atoms with Crippen LogP contribution in [-0.2, 0) is 4.18 Å². The maximum atomic E-state index is 4.82. The zero-order valence-corrected chi connectivity index (χ0v) is 5.39. The Kier molecular flexibility index (Phi) is 6.28. The van der Waals surface area contributed by atoms with Crippen molar-refractivity contribution in [3.63, 3.8) is 0 Å². The molecule has 0 aromatic carbocycles. The van der Waals surface area contributed by atoms with E-state index in [9.17, 15) is 0 Å². The molecule has 0 spiro atoms. The van der Waals surface area contributed by atoms with Crippen LogP contribution in [0.1, 0.15) is 0 Å². The van der Waals surface area contributed by atoms with Crippen molar-refractivity contribution < 1.29 is 4.18 Å². The minimum atomic E-state index is 0.740. The molecule has 0 heterocycles. The highest BCUT2D eigenvalue weighted by atomic mass is 32.2. The topological polar surface area (TPSA) is 9.23 Å². The van der Waals surface area contributed by atoms with E-state index in [-0.39, 0.29) is 0 Å². The first-order valence-corrected chi connectivity index (χ1v) is 3.46. The van der Waals surface area contributed by atoms with Crippen molar-refractivity contribution in [2.45, 2.75) is 0 Å². The third-order valence-corrected chi connectivity index (χ3v) is 0.877. The molecule has 0 fully saturated rings. The van der Waals surface area contributed by atoms with Crippen LogP contribution in [0.3, 0.4) is 0 Å². The lowest BCUT2D eigenvalue weighted by Crippen LogP contribution is -1.83. The molecule has 0 atom stereocenters. The van der Waals surface area contributed by atoms with Crippen molar-refractivity contribution >= 4 is 24.7 Å². The first kappa shape index (κ1) is 6.66. The highest BCUT2D eigenvalue weighted by Gasteiger charge is 1.74. The second-order valence-corrected chi connectivity index (χ2v) is 1.73. The molecule has 0 radical (unpaired) electrons. The summed E-state index contributed by atoms with van der Waals surface area (Å²) in [4.78, 5) is 0. The van der Waals surface area contributed by atoms with Crippen molar-refractivity contribution in [1.82, 2.24) is 0 Å². The molecule has 0 aliphatic rings. The SMILES string of the molecule is CSOCCS. The predicted molar refractivity (Wildman–Crippen MR) is 33.3 cm³/mol. The van der Waals surface area contributed by atoms with Crippen LogP contribution >= 0.6 is 24.7 Å². The van der Waals surface area contributed by atoms with Crippen LogP contribution < -0.4 is 0 Å². The van der Waals surface area contributed by atoms with Gasteiger partial charge in [-0.2, -0.15) is 12.6 Å². The highest BCUT2D eigenvalue weighted by molar-refractivity contribution is 7.93. The Labute approximate surface area is 48.1 Å². The van der Waals surface area contributed by atoms with Crippen molar-refractivity contribution in [3.8, 4) is 0 Å². The van der Waals surface area contributed by atoms with E-state index in [1.807, 2.05) is 6.26 Å². The van der Waals surface area contributed by atoms with Gasteiger partial charge in [0, 0.05) is 12.0 Å². The van der Waals surface area contributed by atoms with Crippen LogP contribution in [0.15, 0.2) is 0 Å². The Bertz CT molecular complexity index is 20.8. The van der Waals surface area contributed by atoms with Gasteiger partial charge in [0.05, 0.1) is 6.61 Å². The van der Waals surface area contributed by atoms with Gasteiger partial charge in [-0.05, 0) is 12.0 Å². The molecule has 0 saturated heterocycles. The number of hydrogen-bond donors (Lipinski definition) is 1. The molecule has 0 rings (SSSR count). The molecule has 0 aromatic heterocycles. The Hall–Kier alpha value is 0.660. The Morgan fingerprint density at radius 2 is 2.50 bits per heavy atom. The highest BCUT2D eigenvalue weighted by Crippen LogP contribution is 1.92. The smallest absolute Gasteiger partial charge is 0.0701 e. The molecule has 0 aliphatic carbocycles. The van der Waals surface area contributed by atoms with E-state index in [1.165, 1.54) is 12.0 Å². The summed E-state index contributed by atoms with van der Waals surface area (Å²) in [7, 11) is 0. The number of hydrogen-bond acceptors (Lipinski definition) is 3. The van der Waals surface area contributed by atoms with Crippen LogP contribution in [0.4, 0.5) is 0 Å². The summed E-state index contributed by atoms with van der Waals surface area (Å²) >= 11 is 5.29. The second-order valence-electron chi connectivity index (χ2n) is 0.712. The van der Waals surface area contributed by atoms with Crippen molar-refractivity contribution in [1.29, 1.82) is 0 Å². The molecule has 6 heavy (non-hydrogen) atoms. The third kappa shape index (κ3) is 4.66. The fraction of sp³-hybridized carbons (Fsp3) is 1.00. The Morgan fingerprint density at radius 1 is 1.83 bits per heavy atom. The fourth-order valence-electron chi connectivity index (χ4n) is 0.121. The van der Waals surface area contributed by atoms with Gasteiger partial charge < -0.3 is 4.18 Å². The molecule has 0 N–H and O–H groups in total. The molecule has 0 saturated carbocycles. The molecule has 3 heteroatoms. The molecule has 0 aromatic rings. The van der Waals surface area contributed by atoms with E-state index < -0.39 is 0 Å². The maximum absolute atomic E-state index is 4.82. The summed E-state index contributed by atoms with van der Waals surface area (Å²) in [5, 5.41) is 0. The Morgan fingerprint density at radius 3 is 2.67 bits per heavy atom. The van der Waals surface area contributed by atoms with Gasteiger partial charge in [0.25, 0.3) is 0 Å². The Balaban J connectivity index is 2.34. The lowest BCUT2D eigenvalue weighted by molar-refractivity contribution is 0.409. The molecule has 1 nitrogen and oxygen atoms in total. The average Bonchev–Trinajstić information content (AvgIpc) is 1.61. The lowest BCUT2D eigenvalue weighted by Gasteiger charge is -1.89. The molecular formula is C3H8OS2. The molecule has 0 aliphatic heterocycles. The van der Waals surface area contributed by atoms with Gasteiger partial charge in [-0.1, -0.05) is 0 Å². The minimum absolute atomic E-state index is 0.740. The van der Waals surface area contributed by atoms with E-state index >= 15 is 0 Å². The summed E-state index contributed by atoms with van der Waals surface area (Å²) in [5.41, 5.74) is 0. The molecular weight excluding hydrogens is 116 g/mol. The maximum Gasteiger partial charge on any atom is 0.0701 e. The summed E-state index contributed by atoms with van der Waals surface area (Å²) in [6, 6.07) is 0. The third-order valence-electron chi connectivity index (χ3n) is 0.292. The van der Waals surface area contributed by atoms with E-state index in [2.05, 4.69) is 12.6 Å². The van der Waals surface area contributed by atoms with Crippen LogP contribution in [0, 0.1) is 0 Å². The summed E-state index contributed by atoms with van der Waals surface area (Å²) < 4.78 is 4.82. The van der Waals surface area contributed by atoms with Crippen molar-refractivity contribution in [3.05, 3.63) is 0 Å². The zero-order valence-electron chi connectivity index (χ0n) is 3.68. The van der Waals surface area contributed by atoms with Crippen molar-refractivity contribution in [2.24, 2.45) is 0 Å². The van der Waals surface area contributed by atoms with Gasteiger partial charge in [0.1, 0.15) is 0 Å². The molecule has 0 bridgehead atoms. The second kappa shape index (κ2) is 5.66. The lowest BCUT2D eigenvalue weighted by atomic mass is 10.9. The minimum Gasteiger partial charge on any atom is -0.315 e. The van der Waals surface area contributed by atoms with E-state index in [4.69, 9.17) is 4.18 Å². The van der Waals surface area contributed by atoms with Gasteiger partial charge in [-0.3, -0.25) is 0 Å². The van der Waals surface area contributed by atoms with Crippen molar-refractivity contribution in [2.75, 3.05) is 18.6 Å². The number of thiol groups is 1. The first-order chi connectivity index (χ1) is 2.91. The van der Waals surface area contributed by atoms with Crippen LogP contribution in [-0.4, -0.2) is 18.6 Å². The van der Waals surface area contributed by atoms with Gasteiger partial charge in [0.15, 0.2) is 0 Å². The monoisotopic (exact) mass is 124 g/mol. The van der Waals surface area contributed by atoms with Gasteiger partial charge in [-0.15, -0.1) is 0 Å². The zero-order chi connectivity index (χ0) is 4.83. The van der Waals surface area contributed by atoms with E-state index in [1.54, 1.807) is 0 Å². The molecule has 0 unspecified atom stereocenters. The molecule has 38 valence electrons. The summed E-state index contributed by atoms with van der Waals surface area (Å²) in [6.45, 7) is 0.740. The predicted octanol–water partition coefficient (Wildman–Crippen LogP) is 1.21. The van der Waals surface area contributed by atoms with Crippen LogP contribution in [0.25, 0.3) is 0 Å². The van der Waals surface area contributed by atoms with Gasteiger partial charge in [-0.25, -0.2) is 0 Å². The summed E-state index contributed by atoms with van der Waals surface area (Å²) in [6.07, 6.45) is 1.89.